The van der Waals surface area contributed by atoms with Gasteiger partial charge >= 0.3 is 0 Å². The van der Waals surface area contributed by atoms with E-state index in [1.165, 1.54) is 0 Å². The van der Waals surface area contributed by atoms with Crippen LogP contribution in [0.1, 0.15) is 21.8 Å². The largest absolute Gasteiger partial charge is 0.340 e. The van der Waals surface area contributed by atoms with E-state index in [2.05, 4.69) is 20.8 Å². The van der Waals surface area contributed by atoms with Crippen LogP contribution in [0.25, 0.3) is 0 Å². The van der Waals surface area contributed by atoms with Crippen molar-refractivity contribution in [2.75, 3.05) is 6.54 Å². The second-order valence-corrected chi connectivity index (χ2v) is 2.93. The van der Waals surface area contributed by atoms with Crippen molar-refractivity contribution in [2.45, 2.75) is 6.43 Å². The molecule has 0 saturated heterocycles. The fourth-order valence-corrected chi connectivity index (χ4v) is 1.30. The number of halogens is 2. The molecule has 0 aliphatic carbocycles. The maximum absolute atomic E-state index is 12.2. The number of carbonyl (C=O) groups is 1. The average Bonchev–Trinajstić information content (AvgIpc) is 2.62. The van der Waals surface area contributed by atoms with Crippen molar-refractivity contribution >= 4 is 17.4 Å². The summed E-state index contributed by atoms with van der Waals surface area (Å²) in [5.41, 5.74) is -0.607. The Bertz CT molecular complexity index is 371. The van der Waals surface area contributed by atoms with Crippen molar-refractivity contribution in [3.8, 4) is 12.3 Å². The van der Waals surface area contributed by atoms with E-state index in [1.54, 1.807) is 0 Å². The molecule has 1 rings (SSSR count). The maximum atomic E-state index is 12.2. The summed E-state index contributed by atoms with van der Waals surface area (Å²) < 4.78 is 27.7. The second kappa shape index (κ2) is 4.62. The van der Waals surface area contributed by atoms with Crippen molar-refractivity contribution < 1.29 is 13.6 Å². The molecule has 1 aromatic heterocycles. The molecule has 7 heteroatoms. The molecule has 0 aromatic carbocycles. The van der Waals surface area contributed by atoms with Gasteiger partial charge in [-0.2, -0.15) is 0 Å². The fraction of sp³-hybridized carbons (Fsp3) is 0.286. The topological polar surface area (TPSA) is 54.9 Å². The van der Waals surface area contributed by atoms with Gasteiger partial charge in [0.15, 0.2) is 5.69 Å². The second-order valence-electron chi connectivity index (χ2n) is 2.17. The lowest BCUT2D eigenvalue weighted by atomic mass is 10.3. The van der Waals surface area contributed by atoms with Crippen LogP contribution in [0.15, 0.2) is 0 Å². The highest BCUT2D eigenvalue weighted by atomic mass is 32.1. The molecule has 0 saturated carbocycles. The van der Waals surface area contributed by atoms with Gasteiger partial charge in [0, 0.05) is 0 Å². The van der Waals surface area contributed by atoms with Crippen LogP contribution < -0.4 is 5.32 Å². The zero-order chi connectivity index (χ0) is 10.6. The van der Waals surface area contributed by atoms with Gasteiger partial charge < -0.3 is 5.32 Å². The average molecular weight is 217 g/mol. The zero-order valence-corrected chi connectivity index (χ0v) is 7.65. The number of alkyl halides is 2. The Morgan fingerprint density at radius 3 is 3.00 bits per heavy atom. The summed E-state index contributed by atoms with van der Waals surface area (Å²) in [6.45, 7) is -0.0145. The molecule has 0 spiro atoms. The number of hydrogen-bond donors (Lipinski definition) is 1. The molecular weight excluding hydrogens is 212 g/mol. The number of aromatic nitrogens is 2. The molecule has 0 aliphatic rings. The minimum absolute atomic E-state index is 0.0145. The van der Waals surface area contributed by atoms with Gasteiger partial charge in [0.25, 0.3) is 12.3 Å². The minimum atomic E-state index is -2.81. The van der Waals surface area contributed by atoms with Gasteiger partial charge in [0.2, 0.25) is 0 Å². The van der Waals surface area contributed by atoms with Crippen LogP contribution in [-0.4, -0.2) is 22.0 Å². The van der Waals surface area contributed by atoms with Gasteiger partial charge in [0.05, 0.1) is 6.54 Å². The van der Waals surface area contributed by atoms with Crippen LogP contribution in [0.2, 0.25) is 0 Å². The normalized spacial score (nSPS) is 9.86. The molecule has 0 radical (unpaired) electrons. The van der Waals surface area contributed by atoms with Crippen LogP contribution in [-0.2, 0) is 0 Å². The predicted octanol–water partition coefficient (Wildman–Crippen LogP) is 0.839. The molecule has 1 heterocycles. The van der Waals surface area contributed by atoms with E-state index in [1.807, 2.05) is 0 Å². The first kappa shape index (κ1) is 10.5. The first-order valence-corrected chi connectivity index (χ1v) is 4.26. The monoisotopic (exact) mass is 217 g/mol. The lowest BCUT2D eigenvalue weighted by molar-refractivity contribution is 0.0948. The van der Waals surface area contributed by atoms with Crippen LogP contribution in [0.5, 0.6) is 0 Å². The van der Waals surface area contributed by atoms with E-state index in [-0.39, 0.29) is 11.4 Å². The Labute approximate surface area is 82.5 Å². The quantitative estimate of drug-likeness (QED) is 0.763. The van der Waals surface area contributed by atoms with Crippen molar-refractivity contribution in [2.24, 2.45) is 0 Å². The van der Waals surface area contributed by atoms with Crippen molar-refractivity contribution in [3.63, 3.8) is 0 Å². The molecule has 1 amide bonds. The molecule has 0 bridgehead atoms. The fourth-order valence-electron chi connectivity index (χ4n) is 0.710. The summed E-state index contributed by atoms with van der Waals surface area (Å²) in [6.07, 6.45) is 2.08. The summed E-state index contributed by atoms with van der Waals surface area (Å²) in [5.74, 6) is 1.48. The van der Waals surface area contributed by atoms with Crippen LogP contribution in [0.3, 0.4) is 0 Å². The Morgan fingerprint density at radius 1 is 1.71 bits per heavy atom. The molecule has 0 atom stereocenters. The molecule has 74 valence electrons. The first-order chi connectivity index (χ1) is 6.66. The maximum Gasteiger partial charge on any atom is 0.283 e. The SMILES string of the molecule is C#CCNC(=O)c1snnc1C(F)F. The Balaban J connectivity index is 2.80. The first-order valence-electron chi connectivity index (χ1n) is 3.49. The van der Waals surface area contributed by atoms with E-state index >= 15 is 0 Å². The molecule has 0 aliphatic heterocycles. The smallest absolute Gasteiger partial charge is 0.283 e. The predicted molar refractivity (Wildman–Crippen MR) is 46.0 cm³/mol. The third-order valence-electron chi connectivity index (χ3n) is 1.28. The van der Waals surface area contributed by atoms with Crippen molar-refractivity contribution in [1.29, 1.82) is 0 Å². The molecule has 0 unspecified atom stereocenters. The number of hydrogen-bond acceptors (Lipinski definition) is 4. The van der Waals surface area contributed by atoms with Gasteiger partial charge in [-0.3, -0.25) is 4.79 Å². The molecule has 0 fully saturated rings. The summed E-state index contributed by atoms with van der Waals surface area (Å²) in [5, 5.41) is 5.40. The number of terminal acetylenes is 1. The highest BCUT2D eigenvalue weighted by Crippen LogP contribution is 2.22. The Hall–Kier alpha value is -1.55. The lowest BCUT2D eigenvalue weighted by Gasteiger charge is -1.99. The number of nitrogens with zero attached hydrogens (tertiary/aromatic N) is 2. The van der Waals surface area contributed by atoms with Gasteiger partial charge in [-0.25, -0.2) is 8.78 Å². The third kappa shape index (κ3) is 2.23. The Morgan fingerprint density at radius 2 is 2.43 bits per heavy atom. The summed E-state index contributed by atoms with van der Waals surface area (Å²) in [7, 11) is 0. The third-order valence-corrected chi connectivity index (χ3v) is 2.02. The summed E-state index contributed by atoms with van der Waals surface area (Å²) >= 11 is 0.615. The highest BCUT2D eigenvalue weighted by molar-refractivity contribution is 7.08. The van der Waals surface area contributed by atoms with E-state index in [0.29, 0.717) is 11.5 Å². The number of rotatable bonds is 3. The molecule has 1 N–H and O–H groups in total. The van der Waals surface area contributed by atoms with Crippen molar-refractivity contribution in [1.82, 2.24) is 14.9 Å². The van der Waals surface area contributed by atoms with Crippen LogP contribution in [0, 0.1) is 12.3 Å². The highest BCUT2D eigenvalue weighted by Gasteiger charge is 2.22. The van der Waals surface area contributed by atoms with Gasteiger partial charge in [-0.1, -0.05) is 10.4 Å². The van der Waals surface area contributed by atoms with Crippen LogP contribution >= 0.6 is 11.5 Å². The van der Waals surface area contributed by atoms with Crippen molar-refractivity contribution in [3.05, 3.63) is 10.6 Å². The molecule has 1 aromatic rings. The molecule has 4 nitrogen and oxygen atoms in total. The molecule has 14 heavy (non-hydrogen) atoms. The summed E-state index contributed by atoms with van der Waals surface area (Å²) in [6, 6.07) is 0. The van der Waals surface area contributed by atoms with Gasteiger partial charge in [-0.05, 0) is 11.5 Å². The number of amides is 1. The lowest BCUT2D eigenvalue weighted by Crippen LogP contribution is -2.23. The number of carbonyl (C=O) groups excluding carboxylic acids is 1. The van der Waals surface area contributed by atoms with E-state index in [0.717, 1.165) is 0 Å². The van der Waals surface area contributed by atoms with Gasteiger partial charge in [0.1, 0.15) is 4.88 Å². The van der Waals surface area contributed by atoms with Crippen LogP contribution in [0.4, 0.5) is 8.78 Å². The molecular formula is C7H5F2N3OS. The van der Waals surface area contributed by atoms with E-state index in [9.17, 15) is 13.6 Å². The standard InChI is InChI=1S/C7H5F2N3OS/c1-2-3-10-7(13)5-4(6(8)9)11-12-14-5/h1,6H,3H2,(H,10,13). The zero-order valence-electron chi connectivity index (χ0n) is 6.83. The van der Waals surface area contributed by atoms with E-state index in [4.69, 9.17) is 6.42 Å². The van der Waals surface area contributed by atoms with E-state index < -0.39 is 18.0 Å². The number of nitrogens with one attached hydrogen (secondary N) is 1. The van der Waals surface area contributed by atoms with Gasteiger partial charge in [-0.15, -0.1) is 11.5 Å². The minimum Gasteiger partial charge on any atom is -0.340 e. The Kier molecular flexibility index (Phi) is 3.48. The summed E-state index contributed by atoms with van der Waals surface area (Å²) in [4.78, 5) is 11.0.